The summed E-state index contributed by atoms with van der Waals surface area (Å²) in [5.41, 5.74) is 1.20. The van der Waals surface area contributed by atoms with Gasteiger partial charge in [0.25, 0.3) is 5.78 Å². The van der Waals surface area contributed by atoms with Gasteiger partial charge < -0.3 is 29.2 Å². The molecule has 3 aromatic carbocycles. The first-order chi connectivity index (χ1) is 19.4. The fourth-order valence-corrected chi connectivity index (χ4v) is 5.83. The molecule has 1 atom stereocenters. The Morgan fingerprint density at radius 1 is 1.07 bits per heavy atom. The number of phenols is 1. The molecular formula is C29H24N2O8S. The van der Waals surface area contributed by atoms with Crippen molar-refractivity contribution in [1.29, 1.82) is 0 Å². The van der Waals surface area contributed by atoms with Crippen molar-refractivity contribution in [2.24, 2.45) is 0 Å². The molecule has 2 aliphatic heterocycles. The molecule has 1 unspecified atom stereocenters. The maximum absolute atomic E-state index is 13.6. The highest BCUT2D eigenvalue weighted by Gasteiger charge is 2.48. The number of anilines is 1. The van der Waals surface area contributed by atoms with Crippen molar-refractivity contribution in [3.05, 3.63) is 71.3 Å². The molecular weight excluding hydrogens is 536 g/mol. The van der Waals surface area contributed by atoms with E-state index in [2.05, 4.69) is 4.98 Å². The molecule has 11 heteroatoms. The van der Waals surface area contributed by atoms with Crippen LogP contribution in [0.15, 0.2) is 60.2 Å². The summed E-state index contributed by atoms with van der Waals surface area (Å²) in [5.74, 6) is -0.474. The average Bonchev–Trinajstić information content (AvgIpc) is 3.50. The molecule has 0 spiro atoms. The molecule has 2 N–H and O–H groups in total. The Bertz CT molecular complexity index is 1690. The topological polar surface area (TPSA) is 128 Å². The first kappa shape index (κ1) is 25.5. The summed E-state index contributed by atoms with van der Waals surface area (Å²) in [5, 5.41) is 22.0. The third-order valence-electron chi connectivity index (χ3n) is 6.65. The summed E-state index contributed by atoms with van der Waals surface area (Å²) in [6.45, 7) is 3.13. The quantitative estimate of drug-likeness (QED) is 0.194. The smallest absolute Gasteiger partial charge is 0.301 e. The van der Waals surface area contributed by atoms with E-state index in [1.165, 1.54) is 35.5 Å². The van der Waals surface area contributed by atoms with Crippen molar-refractivity contribution < 1.29 is 38.7 Å². The number of hydrogen-bond acceptors (Lipinski definition) is 10. The molecule has 0 radical (unpaired) electrons. The van der Waals surface area contributed by atoms with Gasteiger partial charge in [0.05, 0.1) is 35.5 Å². The van der Waals surface area contributed by atoms with Crippen molar-refractivity contribution in [2.75, 3.05) is 31.8 Å². The van der Waals surface area contributed by atoms with Gasteiger partial charge in [-0.1, -0.05) is 17.4 Å². The van der Waals surface area contributed by atoms with Crippen LogP contribution >= 0.6 is 11.3 Å². The Balaban J connectivity index is 1.53. The van der Waals surface area contributed by atoms with Gasteiger partial charge in [-0.15, -0.1) is 0 Å². The number of nitrogens with zero attached hydrogens (tertiary/aromatic N) is 2. The second-order valence-electron chi connectivity index (χ2n) is 9.02. The van der Waals surface area contributed by atoms with E-state index in [4.69, 9.17) is 18.9 Å². The van der Waals surface area contributed by atoms with E-state index in [0.29, 0.717) is 48.1 Å². The van der Waals surface area contributed by atoms with E-state index in [0.717, 1.165) is 4.70 Å². The summed E-state index contributed by atoms with van der Waals surface area (Å²) in [6.07, 6.45) is 0. The van der Waals surface area contributed by atoms with Gasteiger partial charge in [0, 0.05) is 5.56 Å². The van der Waals surface area contributed by atoms with E-state index in [9.17, 15) is 19.8 Å². The number of carbonyl (C=O) groups is 2. The third-order valence-corrected chi connectivity index (χ3v) is 7.66. The van der Waals surface area contributed by atoms with E-state index in [1.54, 1.807) is 36.4 Å². The lowest BCUT2D eigenvalue weighted by Crippen LogP contribution is -2.29. The summed E-state index contributed by atoms with van der Waals surface area (Å²) in [6, 6.07) is 13.6. The highest BCUT2D eigenvalue weighted by Crippen LogP contribution is 2.46. The number of ether oxygens (including phenoxy) is 4. The molecule has 0 aliphatic carbocycles. The van der Waals surface area contributed by atoms with Gasteiger partial charge in [0.1, 0.15) is 24.7 Å². The summed E-state index contributed by atoms with van der Waals surface area (Å²) in [4.78, 5) is 33.0. The van der Waals surface area contributed by atoms with Gasteiger partial charge in [0.2, 0.25) is 0 Å². The molecule has 4 aromatic rings. The van der Waals surface area contributed by atoms with Crippen molar-refractivity contribution in [3.8, 4) is 28.7 Å². The zero-order valence-corrected chi connectivity index (χ0v) is 22.4. The predicted molar refractivity (Wildman–Crippen MR) is 148 cm³/mol. The molecule has 0 bridgehead atoms. The van der Waals surface area contributed by atoms with E-state index in [-0.39, 0.29) is 33.5 Å². The maximum atomic E-state index is 13.6. The van der Waals surface area contributed by atoms with Crippen LogP contribution in [0.25, 0.3) is 16.0 Å². The Hall–Kier alpha value is -4.77. The number of rotatable bonds is 6. The molecule has 1 fully saturated rings. The fourth-order valence-electron chi connectivity index (χ4n) is 4.81. The molecule has 6 rings (SSSR count). The first-order valence-corrected chi connectivity index (χ1v) is 13.3. The van der Waals surface area contributed by atoms with Crippen molar-refractivity contribution >= 4 is 44.1 Å². The Kier molecular flexibility index (Phi) is 6.43. The number of fused-ring (bicyclic) bond motifs is 2. The minimum atomic E-state index is -1.06. The van der Waals surface area contributed by atoms with Gasteiger partial charge in [-0.05, 0) is 61.0 Å². The monoisotopic (exact) mass is 560 g/mol. The molecule has 204 valence electrons. The Labute approximate surface area is 232 Å². The summed E-state index contributed by atoms with van der Waals surface area (Å²) >= 11 is 1.22. The van der Waals surface area contributed by atoms with Crippen molar-refractivity contribution in [1.82, 2.24) is 4.98 Å². The highest BCUT2D eigenvalue weighted by atomic mass is 32.1. The number of aromatic hydroxyl groups is 1. The van der Waals surface area contributed by atoms with Crippen LogP contribution in [0.2, 0.25) is 0 Å². The number of ketones is 1. The van der Waals surface area contributed by atoms with Crippen LogP contribution in [-0.4, -0.2) is 53.8 Å². The minimum Gasteiger partial charge on any atom is -0.507 e. The van der Waals surface area contributed by atoms with Gasteiger partial charge in [-0.25, -0.2) is 4.98 Å². The van der Waals surface area contributed by atoms with E-state index in [1.807, 2.05) is 13.0 Å². The molecule has 40 heavy (non-hydrogen) atoms. The number of phenolic OH excluding ortho intramolecular Hbond substituents is 1. The lowest BCUT2D eigenvalue weighted by Gasteiger charge is -2.24. The first-order valence-electron chi connectivity index (χ1n) is 12.5. The van der Waals surface area contributed by atoms with Gasteiger partial charge >= 0.3 is 5.91 Å². The van der Waals surface area contributed by atoms with Gasteiger partial charge in [-0.2, -0.15) is 0 Å². The molecule has 10 nitrogen and oxygen atoms in total. The number of methoxy groups -OCH3 is 1. The second kappa shape index (κ2) is 10.1. The van der Waals surface area contributed by atoms with Crippen molar-refractivity contribution in [3.63, 3.8) is 0 Å². The number of thiazole rings is 1. The van der Waals surface area contributed by atoms with Gasteiger partial charge in [0.15, 0.2) is 28.1 Å². The number of carbonyl (C=O) groups excluding carboxylic acids is 2. The minimum absolute atomic E-state index is 0.113. The second-order valence-corrected chi connectivity index (χ2v) is 10.0. The molecule has 1 aromatic heterocycles. The lowest BCUT2D eigenvalue weighted by atomic mass is 9.95. The predicted octanol–water partition coefficient (Wildman–Crippen LogP) is 4.81. The summed E-state index contributed by atoms with van der Waals surface area (Å²) in [7, 11) is 1.40. The van der Waals surface area contributed by atoms with E-state index < -0.39 is 17.7 Å². The van der Waals surface area contributed by atoms with Crippen LogP contribution in [0, 0.1) is 0 Å². The van der Waals surface area contributed by atoms with Crippen LogP contribution in [0.4, 0.5) is 5.13 Å². The zero-order chi connectivity index (χ0) is 28.0. The molecule has 0 saturated carbocycles. The molecule has 1 saturated heterocycles. The largest absolute Gasteiger partial charge is 0.507 e. The molecule has 3 heterocycles. The molecule has 1 amide bonds. The number of aliphatic hydroxyl groups excluding tert-OH is 1. The number of benzene rings is 3. The zero-order valence-electron chi connectivity index (χ0n) is 21.5. The maximum Gasteiger partial charge on any atom is 0.301 e. The van der Waals surface area contributed by atoms with E-state index >= 15 is 0 Å². The summed E-state index contributed by atoms with van der Waals surface area (Å²) < 4.78 is 22.9. The molecule has 2 aliphatic rings. The van der Waals surface area contributed by atoms with Crippen LogP contribution in [0.3, 0.4) is 0 Å². The number of aliphatic hydroxyl groups is 1. The van der Waals surface area contributed by atoms with Crippen LogP contribution in [0.5, 0.6) is 28.7 Å². The standard InChI is InChI=1S/C29H24N2O8S/c1-3-37-17-6-7-18-23(14-17)40-29(30-18)31-25(15-4-8-19(32)21(12-15)36-2)24(27(34)28(31)35)26(33)16-5-9-20-22(13-16)39-11-10-38-20/h4-9,12-14,25,32-33H,3,10-11H2,1-2H3. The van der Waals surface area contributed by atoms with Crippen LogP contribution in [-0.2, 0) is 9.59 Å². The van der Waals surface area contributed by atoms with Crippen LogP contribution in [0.1, 0.15) is 24.1 Å². The SMILES string of the molecule is CCOc1ccc2nc(N3C(=O)C(=O)C(=C(O)c4ccc5c(c4)OCCO5)C3c3ccc(O)c(OC)c3)sc2c1. The highest BCUT2D eigenvalue weighted by molar-refractivity contribution is 7.22. The fraction of sp³-hybridized carbons (Fsp3) is 0.207. The number of aromatic nitrogens is 1. The lowest BCUT2D eigenvalue weighted by molar-refractivity contribution is -0.132. The average molecular weight is 561 g/mol. The van der Waals surface area contributed by atoms with Crippen LogP contribution < -0.4 is 23.8 Å². The number of Topliss-reactive ketones (excluding diaryl/α,β-unsaturated/α-hetero) is 1. The Morgan fingerprint density at radius 2 is 1.88 bits per heavy atom. The normalized spacial score (nSPS) is 17.9. The number of amides is 1. The Morgan fingerprint density at radius 3 is 2.65 bits per heavy atom. The van der Waals surface area contributed by atoms with Gasteiger partial charge in [-0.3, -0.25) is 14.5 Å². The number of hydrogen-bond donors (Lipinski definition) is 2. The third kappa shape index (κ3) is 4.24. The van der Waals surface area contributed by atoms with Crippen molar-refractivity contribution in [2.45, 2.75) is 13.0 Å².